The Morgan fingerprint density at radius 1 is 1.00 bits per heavy atom. The number of nitrogens with one attached hydrogen (secondary N) is 1. The molecule has 0 saturated heterocycles. The lowest BCUT2D eigenvalue weighted by Crippen LogP contribution is -2.27. The monoisotopic (exact) mass is 317 g/mol. The minimum atomic E-state index is -3.59. The predicted octanol–water partition coefficient (Wildman–Crippen LogP) is 2.70. The summed E-state index contributed by atoms with van der Waals surface area (Å²) in [4.78, 5) is 0. The molecule has 0 aromatic heterocycles. The van der Waals surface area contributed by atoms with Crippen LogP contribution in [0.15, 0.2) is 66.1 Å². The molecule has 1 atom stereocenters. The second-order valence-electron chi connectivity index (χ2n) is 4.85. The third-order valence-corrected chi connectivity index (χ3v) is 4.27. The molecule has 0 amide bonds. The van der Waals surface area contributed by atoms with E-state index in [1.54, 1.807) is 6.08 Å². The van der Waals surface area contributed by atoms with E-state index in [0.29, 0.717) is 6.42 Å². The molecule has 0 unspecified atom stereocenters. The van der Waals surface area contributed by atoms with Gasteiger partial charge in [0.2, 0.25) is 10.0 Å². The molecule has 5 heteroatoms. The topological polar surface area (TPSA) is 66.4 Å². The molecule has 22 heavy (non-hydrogen) atoms. The lowest BCUT2D eigenvalue weighted by Gasteiger charge is -2.17. The Morgan fingerprint density at radius 2 is 1.59 bits per heavy atom. The van der Waals surface area contributed by atoms with Gasteiger partial charge in [-0.15, -0.1) is 0 Å². The average Bonchev–Trinajstić information content (AvgIpc) is 2.54. The summed E-state index contributed by atoms with van der Waals surface area (Å²) in [6.45, 7) is -0.0928. The van der Waals surface area contributed by atoms with Gasteiger partial charge in [0.1, 0.15) is 0 Å². The lowest BCUT2D eigenvalue weighted by molar-refractivity contribution is 0.273. The highest BCUT2D eigenvalue weighted by atomic mass is 32.2. The van der Waals surface area contributed by atoms with Gasteiger partial charge in [0.15, 0.2) is 0 Å². The number of benzene rings is 2. The fourth-order valence-corrected chi connectivity index (χ4v) is 3.14. The number of hydrogen-bond acceptors (Lipinski definition) is 3. The zero-order valence-corrected chi connectivity index (χ0v) is 12.9. The average molecular weight is 317 g/mol. The van der Waals surface area contributed by atoms with Gasteiger partial charge >= 0.3 is 0 Å². The molecule has 2 aromatic carbocycles. The van der Waals surface area contributed by atoms with Gasteiger partial charge in [0.25, 0.3) is 0 Å². The molecule has 116 valence electrons. The van der Waals surface area contributed by atoms with Gasteiger partial charge in [-0.05, 0) is 23.6 Å². The first-order valence-corrected chi connectivity index (χ1v) is 8.56. The highest BCUT2D eigenvalue weighted by Gasteiger charge is 2.16. The van der Waals surface area contributed by atoms with Crippen molar-refractivity contribution in [3.05, 3.63) is 77.2 Å². The smallest absolute Gasteiger partial charge is 0.234 e. The van der Waals surface area contributed by atoms with Crippen molar-refractivity contribution in [1.29, 1.82) is 0 Å². The zero-order chi connectivity index (χ0) is 15.8. The molecule has 0 bridgehead atoms. The molecule has 2 N–H and O–H groups in total. The van der Waals surface area contributed by atoms with Crippen molar-refractivity contribution in [3.8, 4) is 0 Å². The Morgan fingerprint density at radius 3 is 2.18 bits per heavy atom. The number of sulfonamides is 1. The summed E-state index contributed by atoms with van der Waals surface area (Å²) >= 11 is 0. The fraction of sp³-hybridized carbons (Fsp3) is 0.176. The van der Waals surface area contributed by atoms with Crippen molar-refractivity contribution in [3.63, 3.8) is 0 Å². The van der Waals surface area contributed by atoms with Crippen LogP contribution >= 0.6 is 0 Å². The maximum Gasteiger partial charge on any atom is 0.234 e. The van der Waals surface area contributed by atoms with Crippen molar-refractivity contribution in [2.75, 3.05) is 6.61 Å². The maximum absolute atomic E-state index is 12.2. The molecule has 0 fully saturated rings. The standard InChI is InChI=1S/C17H19NO3S/c19-13-11-17(16-9-5-2-6-10-16)18-22(20,21)14-12-15-7-3-1-4-8-15/h1-10,12,14,17-19H,11,13H2/b14-12+/t17-/m1/s1. The molecule has 0 aliphatic rings. The largest absolute Gasteiger partial charge is 0.396 e. The van der Waals surface area contributed by atoms with Crippen LogP contribution in [-0.4, -0.2) is 20.1 Å². The Balaban J connectivity index is 2.13. The first kappa shape index (κ1) is 16.4. The van der Waals surface area contributed by atoms with Crippen LogP contribution in [0.2, 0.25) is 0 Å². The van der Waals surface area contributed by atoms with Gasteiger partial charge in [0.05, 0.1) is 0 Å². The second-order valence-corrected chi connectivity index (χ2v) is 6.45. The van der Waals surface area contributed by atoms with Crippen LogP contribution in [0.4, 0.5) is 0 Å². The third-order valence-electron chi connectivity index (χ3n) is 3.17. The Bertz CT molecular complexity index is 697. The van der Waals surface area contributed by atoms with Gasteiger partial charge in [-0.2, -0.15) is 0 Å². The summed E-state index contributed by atoms with van der Waals surface area (Å²) < 4.78 is 27.0. The lowest BCUT2D eigenvalue weighted by atomic mass is 10.1. The summed E-state index contributed by atoms with van der Waals surface area (Å²) in [7, 11) is -3.59. The zero-order valence-electron chi connectivity index (χ0n) is 12.1. The van der Waals surface area contributed by atoms with Gasteiger partial charge < -0.3 is 5.11 Å². The predicted molar refractivity (Wildman–Crippen MR) is 88.4 cm³/mol. The van der Waals surface area contributed by atoms with E-state index in [0.717, 1.165) is 16.5 Å². The van der Waals surface area contributed by atoms with Crippen molar-refractivity contribution in [2.24, 2.45) is 0 Å². The van der Waals surface area contributed by atoms with Gasteiger partial charge in [0, 0.05) is 18.1 Å². The SMILES string of the molecule is O=S(=O)(/C=C/c1ccccc1)N[C@H](CCO)c1ccccc1. The van der Waals surface area contributed by atoms with E-state index in [1.807, 2.05) is 60.7 Å². The summed E-state index contributed by atoms with van der Waals surface area (Å²) in [6, 6.07) is 18.0. The number of hydrogen-bond donors (Lipinski definition) is 2. The van der Waals surface area contributed by atoms with Crippen molar-refractivity contribution < 1.29 is 13.5 Å². The third kappa shape index (κ3) is 5.11. The van der Waals surface area contributed by atoms with E-state index in [9.17, 15) is 8.42 Å². The van der Waals surface area contributed by atoms with Crippen molar-refractivity contribution >= 4 is 16.1 Å². The van der Waals surface area contributed by atoms with Gasteiger partial charge in [-0.25, -0.2) is 13.1 Å². The van der Waals surface area contributed by atoms with Crippen LogP contribution in [0.1, 0.15) is 23.6 Å². The summed E-state index contributed by atoms with van der Waals surface area (Å²) in [5, 5.41) is 10.3. The number of aliphatic hydroxyl groups is 1. The minimum absolute atomic E-state index is 0.0928. The normalized spacial score (nSPS) is 13.3. The molecule has 0 heterocycles. The Labute approximate surface area is 131 Å². The molecule has 0 radical (unpaired) electrons. The Kier molecular flexibility index (Phi) is 5.89. The van der Waals surface area contributed by atoms with Gasteiger partial charge in [-0.1, -0.05) is 60.7 Å². The minimum Gasteiger partial charge on any atom is -0.396 e. The molecule has 0 spiro atoms. The van der Waals surface area contributed by atoms with E-state index in [4.69, 9.17) is 5.11 Å². The quantitative estimate of drug-likeness (QED) is 0.825. The molecular formula is C17H19NO3S. The molecule has 2 rings (SSSR count). The molecule has 0 aliphatic heterocycles. The van der Waals surface area contributed by atoms with Crippen LogP contribution in [-0.2, 0) is 10.0 Å². The Hall–Kier alpha value is -1.95. The van der Waals surface area contributed by atoms with E-state index in [-0.39, 0.29) is 6.61 Å². The summed E-state index contributed by atoms with van der Waals surface area (Å²) in [6.07, 6.45) is 1.87. The molecule has 2 aromatic rings. The van der Waals surface area contributed by atoms with Crippen molar-refractivity contribution in [2.45, 2.75) is 12.5 Å². The van der Waals surface area contributed by atoms with Crippen LogP contribution in [0, 0.1) is 0 Å². The number of aliphatic hydroxyl groups excluding tert-OH is 1. The van der Waals surface area contributed by atoms with Crippen LogP contribution in [0.25, 0.3) is 6.08 Å². The highest BCUT2D eigenvalue weighted by Crippen LogP contribution is 2.17. The highest BCUT2D eigenvalue weighted by molar-refractivity contribution is 7.92. The van der Waals surface area contributed by atoms with Crippen LogP contribution in [0.5, 0.6) is 0 Å². The number of rotatable bonds is 7. The van der Waals surface area contributed by atoms with Crippen LogP contribution < -0.4 is 4.72 Å². The van der Waals surface area contributed by atoms with E-state index >= 15 is 0 Å². The molecular weight excluding hydrogens is 298 g/mol. The maximum atomic E-state index is 12.2. The van der Waals surface area contributed by atoms with Gasteiger partial charge in [-0.3, -0.25) is 0 Å². The van der Waals surface area contributed by atoms with Crippen LogP contribution in [0.3, 0.4) is 0 Å². The second kappa shape index (κ2) is 7.89. The van der Waals surface area contributed by atoms with E-state index in [2.05, 4.69) is 4.72 Å². The first-order valence-electron chi connectivity index (χ1n) is 7.02. The first-order chi connectivity index (χ1) is 10.6. The molecule has 4 nitrogen and oxygen atoms in total. The summed E-state index contributed by atoms with van der Waals surface area (Å²) in [5.41, 5.74) is 1.64. The van der Waals surface area contributed by atoms with E-state index in [1.165, 1.54) is 0 Å². The molecule has 0 aliphatic carbocycles. The summed E-state index contributed by atoms with van der Waals surface area (Å²) in [5.74, 6) is 0. The fourth-order valence-electron chi connectivity index (χ4n) is 2.08. The van der Waals surface area contributed by atoms with Crippen molar-refractivity contribution in [1.82, 2.24) is 4.72 Å². The van der Waals surface area contributed by atoms with E-state index < -0.39 is 16.1 Å². The molecule has 0 saturated carbocycles.